The van der Waals surface area contributed by atoms with Crippen molar-refractivity contribution in [3.8, 4) is 5.75 Å². The highest BCUT2D eigenvalue weighted by molar-refractivity contribution is 5.20. The Hall–Kier alpha value is -1.02. The van der Waals surface area contributed by atoms with E-state index in [4.69, 9.17) is 4.74 Å². The molecule has 20 heavy (non-hydrogen) atoms. The van der Waals surface area contributed by atoms with Gasteiger partial charge in [0, 0.05) is 6.04 Å². The predicted molar refractivity (Wildman–Crippen MR) is 87.4 cm³/mol. The van der Waals surface area contributed by atoms with Crippen molar-refractivity contribution >= 4 is 0 Å². The zero-order valence-corrected chi connectivity index (χ0v) is 13.2. The number of hydrogen-bond donors (Lipinski definition) is 1. The summed E-state index contributed by atoms with van der Waals surface area (Å²) in [6.45, 7) is 6.30. The molecule has 0 saturated heterocycles. The normalized spacial score (nSPS) is 12.3. The molecular weight excluding hydrogens is 246 g/mol. The molecule has 0 aliphatic heterocycles. The summed E-state index contributed by atoms with van der Waals surface area (Å²) >= 11 is 0. The van der Waals surface area contributed by atoms with E-state index in [1.54, 1.807) is 0 Å². The molecule has 0 aliphatic carbocycles. The van der Waals surface area contributed by atoms with E-state index in [-0.39, 0.29) is 0 Å². The van der Waals surface area contributed by atoms with Crippen LogP contribution in [0.15, 0.2) is 30.3 Å². The highest BCUT2D eigenvalue weighted by Gasteiger charge is 2.07. The van der Waals surface area contributed by atoms with Gasteiger partial charge in [-0.25, -0.2) is 0 Å². The van der Waals surface area contributed by atoms with E-state index in [1.165, 1.54) is 38.5 Å². The second-order valence-electron chi connectivity index (χ2n) is 5.41. The number of benzene rings is 1. The summed E-state index contributed by atoms with van der Waals surface area (Å²) in [4.78, 5) is 0. The second kappa shape index (κ2) is 11.8. The van der Waals surface area contributed by atoms with Crippen molar-refractivity contribution in [2.24, 2.45) is 0 Å². The molecule has 2 nitrogen and oxygen atoms in total. The number of rotatable bonds is 12. The molecule has 1 atom stereocenters. The van der Waals surface area contributed by atoms with E-state index in [0.29, 0.717) is 6.04 Å². The average Bonchev–Trinajstić information content (AvgIpc) is 2.48. The lowest BCUT2D eigenvalue weighted by molar-refractivity contribution is 0.279. The molecule has 0 heterocycles. The molecule has 0 aliphatic rings. The zero-order valence-electron chi connectivity index (χ0n) is 13.2. The van der Waals surface area contributed by atoms with Gasteiger partial charge in [0.2, 0.25) is 0 Å². The summed E-state index contributed by atoms with van der Waals surface area (Å²) in [7, 11) is 0. The summed E-state index contributed by atoms with van der Waals surface area (Å²) in [5, 5.41) is 3.58. The standard InChI is InChI=1S/C18H31NO/c1-3-5-6-7-9-12-17(19-4-2)15-16-20-18-13-10-8-11-14-18/h8,10-11,13-14,17,19H,3-7,9,12,15-16H2,1-2H3. The minimum atomic E-state index is 0.602. The Labute approximate surface area is 124 Å². The molecule has 1 aromatic rings. The lowest BCUT2D eigenvalue weighted by atomic mass is 10.0. The minimum absolute atomic E-state index is 0.602. The maximum atomic E-state index is 5.79. The Bertz CT molecular complexity index is 312. The van der Waals surface area contributed by atoms with Gasteiger partial charge in [0.25, 0.3) is 0 Å². The molecule has 114 valence electrons. The number of nitrogens with one attached hydrogen (secondary N) is 1. The molecule has 0 amide bonds. The quantitative estimate of drug-likeness (QED) is 0.554. The van der Waals surface area contributed by atoms with Crippen LogP contribution >= 0.6 is 0 Å². The van der Waals surface area contributed by atoms with Crippen molar-refractivity contribution in [1.29, 1.82) is 0 Å². The molecule has 1 rings (SSSR count). The van der Waals surface area contributed by atoms with Crippen LogP contribution in [0.2, 0.25) is 0 Å². The van der Waals surface area contributed by atoms with Gasteiger partial charge in [-0.05, 0) is 31.5 Å². The number of unbranched alkanes of at least 4 members (excludes halogenated alkanes) is 4. The van der Waals surface area contributed by atoms with Gasteiger partial charge in [-0.3, -0.25) is 0 Å². The monoisotopic (exact) mass is 277 g/mol. The van der Waals surface area contributed by atoms with Gasteiger partial charge in [-0.15, -0.1) is 0 Å². The van der Waals surface area contributed by atoms with Gasteiger partial charge >= 0.3 is 0 Å². The molecular formula is C18H31NO. The Morgan fingerprint density at radius 2 is 1.70 bits per heavy atom. The van der Waals surface area contributed by atoms with E-state index in [1.807, 2.05) is 30.3 Å². The maximum Gasteiger partial charge on any atom is 0.119 e. The number of para-hydroxylation sites is 1. The van der Waals surface area contributed by atoms with Gasteiger partial charge in [0.1, 0.15) is 5.75 Å². The van der Waals surface area contributed by atoms with Gasteiger partial charge in [0.15, 0.2) is 0 Å². The molecule has 0 saturated carbocycles. The molecule has 1 unspecified atom stereocenters. The fraction of sp³-hybridized carbons (Fsp3) is 0.667. The zero-order chi connectivity index (χ0) is 14.5. The van der Waals surface area contributed by atoms with Gasteiger partial charge in [-0.1, -0.05) is 64.2 Å². The Morgan fingerprint density at radius 3 is 2.40 bits per heavy atom. The lowest BCUT2D eigenvalue weighted by Gasteiger charge is -2.18. The van der Waals surface area contributed by atoms with E-state index >= 15 is 0 Å². The molecule has 0 fully saturated rings. The fourth-order valence-corrected chi connectivity index (χ4v) is 2.47. The van der Waals surface area contributed by atoms with Crippen LogP contribution in [0.25, 0.3) is 0 Å². The number of ether oxygens (including phenoxy) is 1. The van der Waals surface area contributed by atoms with E-state index in [0.717, 1.165) is 25.3 Å². The van der Waals surface area contributed by atoms with Crippen LogP contribution in [0.5, 0.6) is 5.75 Å². The van der Waals surface area contributed by atoms with Gasteiger partial charge in [0.05, 0.1) is 6.61 Å². The SMILES string of the molecule is CCCCCCCC(CCOc1ccccc1)NCC. The topological polar surface area (TPSA) is 21.3 Å². The third kappa shape index (κ3) is 8.21. The molecule has 0 spiro atoms. The van der Waals surface area contributed by atoms with Crippen LogP contribution in [0.3, 0.4) is 0 Å². The summed E-state index contributed by atoms with van der Waals surface area (Å²) in [5.41, 5.74) is 0. The first kappa shape index (κ1) is 17.0. The summed E-state index contributed by atoms with van der Waals surface area (Å²) in [6, 6.07) is 10.7. The van der Waals surface area contributed by atoms with Crippen LogP contribution in [-0.2, 0) is 0 Å². The van der Waals surface area contributed by atoms with Crippen molar-refractivity contribution in [2.45, 2.75) is 64.8 Å². The summed E-state index contributed by atoms with van der Waals surface area (Å²) in [6.07, 6.45) is 9.16. The molecule has 0 radical (unpaired) electrons. The lowest BCUT2D eigenvalue weighted by Crippen LogP contribution is -2.30. The van der Waals surface area contributed by atoms with Crippen LogP contribution in [0, 0.1) is 0 Å². The fourth-order valence-electron chi connectivity index (χ4n) is 2.47. The highest BCUT2D eigenvalue weighted by Crippen LogP contribution is 2.12. The van der Waals surface area contributed by atoms with Crippen molar-refractivity contribution in [3.63, 3.8) is 0 Å². The predicted octanol–water partition coefficient (Wildman–Crippen LogP) is 4.79. The van der Waals surface area contributed by atoms with E-state index < -0.39 is 0 Å². The second-order valence-corrected chi connectivity index (χ2v) is 5.41. The van der Waals surface area contributed by atoms with Crippen LogP contribution in [0.1, 0.15) is 58.8 Å². The first-order valence-corrected chi connectivity index (χ1v) is 8.28. The molecule has 1 N–H and O–H groups in total. The van der Waals surface area contributed by atoms with Crippen LogP contribution in [0.4, 0.5) is 0 Å². The van der Waals surface area contributed by atoms with E-state index in [2.05, 4.69) is 19.2 Å². The molecule has 2 heteroatoms. The average molecular weight is 277 g/mol. The van der Waals surface area contributed by atoms with E-state index in [9.17, 15) is 0 Å². The summed E-state index contributed by atoms with van der Waals surface area (Å²) < 4.78 is 5.79. The number of hydrogen-bond acceptors (Lipinski definition) is 2. The maximum absolute atomic E-state index is 5.79. The Kier molecular flexibility index (Phi) is 10.0. The smallest absolute Gasteiger partial charge is 0.119 e. The minimum Gasteiger partial charge on any atom is -0.494 e. The molecule has 0 aromatic heterocycles. The van der Waals surface area contributed by atoms with Crippen LogP contribution in [-0.4, -0.2) is 19.2 Å². The van der Waals surface area contributed by atoms with Crippen molar-refractivity contribution in [3.05, 3.63) is 30.3 Å². The first-order valence-electron chi connectivity index (χ1n) is 8.28. The summed E-state index contributed by atoms with van der Waals surface area (Å²) in [5.74, 6) is 0.977. The highest BCUT2D eigenvalue weighted by atomic mass is 16.5. The van der Waals surface area contributed by atoms with Crippen molar-refractivity contribution in [1.82, 2.24) is 5.32 Å². The Balaban J connectivity index is 2.14. The van der Waals surface area contributed by atoms with Gasteiger partial charge < -0.3 is 10.1 Å². The molecule has 0 bridgehead atoms. The molecule has 1 aromatic carbocycles. The van der Waals surface area contributed by atoms with Crippen molar-refractivity contribution in [2.75, 3.05) is 13.2 Å². The van der Waals surface area contributed by atoms with Crippen molar-refractivity contribution < 1.29 is 4.74 Å². The van der Waals surface area contributed by atoms with Gasteiger partial charge in [-0.2, -0.15) is 0 Å². The largest absolute Gasteiger partial charge is 0.494 e. The van der Waals surface area contributed by atoms with Crippen LogP contribution < -0.4 is 10.1 Å². The first-order chi connectivity index (χ1) is 9.86. The third-order valence-corrected chi connectivity index (χ3v) is 3.63. The third-order valence-electron chi connectivity index (χ3n) is 3.63. The Morgan fingerprint density at radius 1 is 0.950 bits per heavy atom.